The molecule has 0 aromatic heterocycles. The molecule has 20 heavy (non-hydrogen) atoms. The Morgan fingerprint density at radius 3 is 2.70 bits per heavy atom. The number of rotatable bonds is 8. The average molecular weight is 341 g/mol. The van der Waals surface area contributed by atoms with E-state index in [2.05, 4.69) is 13.1 Å². The second-order valence-corrected chi connectivity index (χ2v) is 6.37. The molecule has 1 saturated heterocycles. The van der Waals surface area contributed by atoms with Crippen LogP contribution in [0.5, 0.6) is 0 Å². The van der Waals surface area contributed by atoms with Crippen molar-refractivity contribution in [2.75, 3.05) is 13.2 Å². The van der Waals surface area contributed by atoms with Crippen LogP contribution in [-0.2, 0) is 29.9 Å². The molecule has 1 unspecified atom stereocenters. The summed E-state index contributed by atoms with van der Waals surface area (Å²) in [6, 6.07) is 5.31. The van der Waals surface area contributed by atoms with Crippen molar-refractivity contribution >= 4 is 33.6 Å². The molecule has 0 bridgehead atoms. The molecule has 0 radical (unpaired) electrons. The highest BCUT2D eigenvalue weighted by molar-refractivity contribution is 7.81. The van der Waals surface area contributed by atoms with Gasteiger partial charge in [-0.25, -0.2) is 8.37 Å². The third-order valence-corrected chi connectivity index (χ3v) is 4.10. The van der Waals surface area contributed by atoms with Gasteiger partial charge in [-0.1, -0.05) is 29.3 Å². The minimum absolute atomic E-state index is 0.0697. The van der Waals surface area contributed by atoms with Crippen molar-refractivity contribution in [3.05, 3.63) is 33.8 Å². The van der Waals surface area contributed by atoms with Gasteiger partial charge in [-0.3, -0.25) is 0 Å². The third kappa shape index (κ3) is 5.55. The Balaban J connectivity index is 1.66. The van der Waals surface area contributed by atoms with E-state index in [1.807, 2.05) is 6.07 Å². The van der Waals surface area contributed by atoms with Gasteiger partial charge in [0.2, 0.25) is 6.29 Å². The molecule has 0 amide bonds. The zero-order chi connectivity index (χ0) is 14.6. The normalized spacial score (nSPS) is 18.2. The maximum absolute atomic E-state index is 11.2. The van der Waals surface area contributed by atoms with Crippen LogP contribution < -0.4 is 0 Å². The van der Waals surface area contributed by atoms with Gasteiger partial charge in [-0.15, -0.1) is 0 Å². The molecule has 1 atom stereocenters. The summed E-state index contributed by atoms with van der Waals surface area (Å²) in [6.07, 6.45) is 1.38. The molecular weight excluding hydrogens is 327 g/mol. The van der Waals surface area contributed by atoms with Crippen LogP contribution in [0.4, 0.5) is 0 Å². The Labute approximate surface area is 128 Å². The van der Waals surface area contributed by atoms with Crippen molar-refractivity contribution in [1.29, 1.82) is 0 Å². The lowest BCUT2D eigenvalue weighted by molar-refractivity contribution is 0.143. The van der Waals surface area contributed by atoms with Crippen molar-refractivity contribution < 1.29 is 21.5 Å². The highest BCUT2D eigenvalue weighted by Crippen LogP contribution is 2.22. The summed E-state index contributed by atoms with van der Waals surface area (Å²) < 4.78 is 36.4. The highest BCUT2D eigenvalue weighted by atomic mass is 35.5. The summed E-state index contributed by atoms with van der Waals surface area (Å²) in [6.45, 7) is 0.359. The van der Waals surface area contributed by atoms with Gasteiger partial charge < -0.3 is 4.74 Å². The van der Waals surface area contributed by atoms with E-state index in [0.29, 0.717) is 16.5 Å². The van der Waals surface area contributed by atoms with Gasteiger partial charge in [-0.05, 0) is 37.0 Å². The zero-order valence-corrected chi connectivity index (χ0v) is 12.9. The van der Waals surface area contributed by atoms with E-state index in [9.17, 15) is 8.42 Å². The Bertz CT molecular complexity index is 557. The number of hydrogen-bond acceptors (Lipinski definition) is 5. The molecule has 1 fully saturated rings. The number of benzene rings is 1. The average Bonchev–Trinajstić information content (AvgIpc) is 3.14. The van der Waals surface area contributed by atoms with Gasteiger partial charge in [-0.2, -0.15) is 8.42 Å². The predicted octanol–water partition coefficient (Wildman–Crippen LogP) is 2.95. The van der Waals surface area contributed by atoms with E-state index >= 15 is 0 Å². The molecule has 1 aromatic rings. The molecule has 1 aliphatic rings. The summed E-state index contributed by atoms with van der Waals surface area (Å²) in [5.74, 6) is 0. The summed E-state index contributed by atoms with van der Waals surface area (Å²) in [5, 5.41) is 1.20. The van der Waals surface area contributed by atoms with Crippen molar-refractivity contribution in [2.24, 2.45) is 0 Å². The molecule has 8 heteroatoms. The first kappa shape index (κ1) is 16.0. The van der Waals surface area contributed by atoms with E-state index < -0.39 is 16.7 Å². The maximum Gasteiger partial charge on any atom is 0.402 e. The first-order valence-electron chi connectivity index (χ1n) is 6.09. The van der Waals surface area contributed by atoms with Crippen molar-refractivity contribution in [1.82, 2.24) is 0 Å². The largest absolute Gasteiger partial charge is 0.402 e. The number of hydrogen-bond donors (Lipinski definition) is 0. The van der Waals surface area contributed by atoms with Gasteiger partial charge in [0.05, 0.1) is 6.61 Å². The standard InChI is InChI=1S/C12H14Cl2O5S/c13-10-5-4-9(11(14)7-10)3-1-2-6-18-20(15,16)19-12-8-17-12/h4-5,7,12H,1-3,6,8H2. The smallest absolute Gasteiger partial charge is 0.344 e. The van der Waals surface area contributed by atoms with E-state index in [-0.39, 0.29) is 13.2 Å². The van der Waals surface area contributed by atoms with Gasteiger partial charge in [0, 0.05) is 10.0 Å². The van der Waals surface area contributed by atoms with Crippen LogP contribution in [0.15, 0.2) is 18.2 Å². The van der Waals surface area contributed by atoms with Crippen molar-refractivity contribution in [3.8, 4) is 0 Å². The number of epoxide rings is 1. The first-order chi connectivity index (χ1) is 9.46. The van der Waals surface area contributed by atoms with E-state index in [0.717, 1.165) is 18.4 Å². The Morgan fingerprint density at radius 2 is 2.05 bits per heavy atom. The first-order valence-corrected chi connectivity index (χ1v) is 8.18. The highest BCUT2D eigenvalue weighted by Gasteiger charge is 2.30. The number of halogens is 2. The summed E-state index contributed by atoms with van der Waals surface area (Å²) in [7, 11) is -3.95. The Hall–Kier alpha value is -0.370. The summed E-state index contributed by atoms with van der Waals surface area (Å²) in [5.41, 5.74) is 0.974. The fourth-order valence-electron chi connectivity index (χ4n) is 1.56. The van der Waals surface area contributed by atoms with Crippen LogP contribution in [0.25, 0.3) is 0 Å². The molecule has 0 N–H and O–H groups in total. The van der Waals surface area contributed by atoms with Crippen LogP contribution in [0, 0.1) is 0 Å². The molecule has 2 rings (SSSR count). The molecule has 1 aliphatic heterocycles. The van der Waals surface area contributed by atoms with E-state index in [1.54, 1.807) is 12.1 Å². The minimum Gasteiger partial charge on any atom is -0.344 e. The number of unbranched alkanes of at least 4 members (excludes halogenated alkanes) is 1. The maximum atomic E-state index is 11.2. The van der Waals surface area contributed by atoms with Crippen LogP contribution in [0.3, 0.4) is 0 Å². The van der Waals surface area contributed by atoms with Crippen LogP contribution in [-0.4, -0.2) is 27.9 Å². The Morgan fingerprint density at radius 1 is 1.30 bits per heavy atom. The quantitative estimate of drug-likeness (QED) is 0.537. The molecule has 1 heterocycles. The van der Waals surface area contributed by atoms with Crippen molar-refractivity contribution in [3.63, 3.8) is 0 Å². The van der Waals surface area contributed by atoms with E-state index in [1.165, 1.54) is 0 Å². The summed E-state index contributed by atoms with van der Waals surface area (Å²) in [4.78, 5) is 0. The molecule has 0 saturated carbocycles. The molecule has 1 aromatic carbocycles. The topological polar surface area (TPSA) is 65.1 Å². The summed E-state index contributed by atoms with van der Waals surface area (Å²) >= 11 is 11.8. The lowest BCUT2D eigenvalue weighted by atomic mass is 10.1. The Kier molecular flexibility index (Phi) is 5.65. The van der Waals surface area contributed by atoms with E-state index in [4.69, 9.17) is 23.2 Å². The second kappa shape index (κ2) is 7.06. The van der Waals surface area contributed by atoms with Crippen LogP contribution in [0.1, 0.15) is 18.4 Å². The van der Waals surface area contributed by atoms with Crippen LogP contribution in [0.2, 0.25) is 10.0 Å². The fourth-order valence-corrected chi connectivity index (χ4v) is 2.81. The molecule has 112 valence electrons. The number of aryl methyl sites for hydroxylation is 1. The lowest BCUT2D eigenvalue weighted by Crippen LogP contribution is -2.13. The minimum atomic E-state index is -3.95. The van der Waals surface area contributed by atoms with Gasteiger partial charge >= 0.3 is 10.4 Å². The van der Waals surface area contributed by atoms with Gasteiger partial charge in [0.1, 0.15) is 6.61 Å². The SMILES string of the molecule is O=S(=O)(OCCCCc1ccc(Cl)cc1Cl)OC1CO1. The van der Waals surface area contributed by atoms with Gasteiger partial charge in [0.25, 0.3) is 0 Å². The third-order valence-electron chi connectivity index (χ3n) is 2.61. The predicted molar refractivity (Wildman–Crippen MR) is 75.1 cm³/mol. The molecular formula is C12H14Cl2O5S. The second-order valence-electron chi connectivity index (χ2n) is 4.28. The van der Waals surface area contributed by atoms with Gasteiger partial charge in [0.15, 0.2) is 0 Å². The van der Waals surface area contributed by atoms with Crippen molar-refractivity contribution in [2.45, 2.75) is 25.6 Å². The molecule has 5 nitrogen and oxygen atoms in total. The van der Waals surface area contributed by atoms with Crippen LogP contribution >= 0.6 is 23.2 Å². The molecule has 0 spiro atoms. The monoisotopic (exact) mass is 340 g/mol. The lowest BCUT2D eigenvalue weighted by Gasteiger charge is -2.06. The molecule has 0 aliphatic carbocycles. The number of ether oxygens (including phenoxy) is 1. The fraction of sp³-hybridized carbons (Fsp3) is 0.500. The zero-order valence-electron chi connectivity index (χ0n) is 10.6.